The molecule has 0 saturated heterocycles. The zero-order valence-corrected chi connectivity index (χ0v) is 14.0. The minimum Gasteiger partial charge on any atom is -0.460 e. The van der Waals surface area contributed by atoms with Crippen LogP contribution in [0.5, 0.6) is 0 Å². The molecule has 0 aliphatic carbocycles. The molecule has 6 nitrogen and oxygen atoms in total. The van der Waals surface area contributed by atoms with E-state index in [-0.39, 0.29) is 33.8 Å². The van der Waals surface area contributed by atoms with Crippen LogP contribution in [0.1, 0.15) is 23.1 Å². The van der Waals surface area contributed by atoms with Gasteiger partial charge < -0.3 is 4.74 Å². The van der Waals surface area contributed by atoms with Gasteiger partial charge in [0.1, 0.15) is 16.8 Å². The molecular weight excluding hydrogens is 351 g/mol. The van der Waals surface area contributed by atoms with Crippen LogP contribution in [0.4, 0.5) is 0 Å². The van der Waals surface area contributed by atoms with Crippen LogP contribution in [-0.4, -0.2) is 27.2 Å². The molecule has 0 fully saturated rings. The molecule has 0 aliphatic rings. The molecule has 1 aromatic carbocycles. The molecule has 0 amide bonds. The van der Waals surface area contributed by atoms with Gasteiger partial charge in [0, 0.05) is 5.56 Å². The molecule has 0 saturated carbocycles. The van der Waals surface area contributed by atoms with E-state index in [9.17, 15) is 10.1 Å². The molecule has 24 heavy (non-hydrogen) atoms. The van der Waals surface area contributed by atoms with Gasteiger partial charge in [-0.05, 0) is 12.5 Å². The SMILES string of the molecule is CCOC(=O)c1nc2c(C#N)c(Cl)c(-c3ccccc3)c(Cl)n2n1. The maximum absolute atomic E-state index is 11.8. The second-order valence-corrected chi connectivity index (χ2v) is 5.46. The third-order valence-electron chi connectivity index (χ3n) is 3.29. The van der Waals surface area contributed by atoms with Crippen LogP contribution in [0.2, 0.25) is 10.2 Å². The lowest BCUT2D eigenvalue weighted by atomic mass is 10.1. The van der Waals surface area contributed by atoms with E-state index in [1.807, 2.05) is 36.4 Å². The van der Waals surface area contributed by atoms with Gasteiger partial charge in [-0.2, -0.15) is 14.8 Å². The first-order chi connectivity index (χ1) is 11.6. The molecule has 3 aromatic rings. The summed E-state index contributed by atoms with van der Waals surface area (Å²) in [5.41, 5.74) is 1.36. The van der Waals surface area contributed by atoms with Gasteiger partial charge in [-0.25, -0.2) is 4.79 Å². The first-order valence-corrected chi connectivity index (χ1v) is 7.74. The monoisotopic (exact) mass is 360 g/mol. The van der Waals surface area contributed by atoms with Crippen molar-refractivity contribution in [2.45, 2.75) is 6.92 Å². The summed E-state index contributed by atoms with van der Waals surface area (Å²) in [6, 6.07) is 11.1. The number of carbonyl (C=O) groups excluding carboxylic acids is 1. The lowest BCUT2D eigenvalue weighted by Crippen LogP contribution is -2.07. The standard InChI is InChI=1S/C16H10Cl2N4O2/c1-2-24-16(23)14-20-15-10(8-19)12(17)11(13(18)22(15)21-14)9-6-4-3-5-7-9/h3-7H,2H2,1H3. The van der Waals surface area contributed by atoms with E-state index >= 15 is 0 Å². The van der Waals surface area contributed by atoms with Gasteiger partial charge in [0.05, 0.1) is 11.6 Å². The van der Waals surface area contributed by atoms with E-state index in [4.69, 9.17) is 27.9 Å². The smallest absolute Gasteiger partial charge is 0.378 e. The Kier molecular flexibility index (Phi) is 4.38. The summed E-state index contributed by atoms with van der Waals surface area (Å²) in [7, 11) is 0. The number of pyridine rings is 1. The second kappa shape index (κ2) is 6.48. The van der Waals surface area contributed by atoms with E-state index in [0.29, 0.717) is 5.56 Å². The molecule has 8 heteroatoms. The molecular formula is C16H10Cl2N4O2. The lowest BCUT2D eigenvalue weighted by Gasteiger charge is -2.10. The number of ether oxygens (including phenoxy) is 1. The molecule has 120 valence electrons. The van der Waals surface area contributed by atoms with Crippen molar-refractivity contribution >= 4 is 34.8 Å². The van der Waals surface area contributed by atoms with E-state index < -0.39 is 5.97 Å². The van der Waals surface area contributed by atoms with E-state index in [1.165, 1.54) is 4.52 Å². The van der Waals surface area contributed by atoms with Crippen molar-refractivity contribution in [1.29, 1.82) is 5.26 Å². The minimum atomic E-state index is -0.696. The Morgan fingerprint density at radius 3 is 2.67 bits per heavy atom. The normalized spacial score (nSPS) is 10.6. The Balaban J connectivity index is 2.33. The van der Waals surface area contributed by atoms with Crippen molar-refractivity contribution in [1.82, 2.24) is 14.6 Å². The van der Waals surface area contributed by atoms with Crippen LogP contribution in [0.25, 0.3) is 16.8 Å². The third kappa shape index (κ3) is 2.58. The molecule has 2 aromatic heterocycles. The highest BCUT2D eigenvalue weighted by Gasteiger charge is 2.24. The van der Waals surface area contributed by atoms with Crippen LogP contribution >= 0.6 is 23.2 Å². The Labute approximate surface area is 147 Å². The number of nitriles is 1. The van der Waals surface area contributed by atoms with Gasteiger partial charge in [-0.15, -0.1) is 5.10 Å². The molecule has 0 radical (unpaired) electrons. The summed E-state index contributed by atoms with van der Waals surface area (Å²) in [6.07, 6.45) is 0. The van der Waals surface area contributed by atoms with Crippen molar-refractivity contribution < 1.29 is 9.53 Å². The van der Waals surface area contributed by atoms with Crippen molar-refractivity contribution in [2.24, 2.45) is 0 Å². The maximum Gasteiger partial charge on any atom is 0.378 e. The predicted molar refractivity (Wildman–Crippen MR) is 89.1 cm³/mol. The topological polar surface area (TPSA) is 80.3 Å². The number of halogens is 2. The highest BCUT2D eigenvalue weighted by atomic mass is 35.5. The first-order valence-electron chi connectivity index (χ1n) is 6.98. The number of rotatable bonds is 3. The zero-order valence-electron chi connectivity index (χ0n) is 12.5. The number of aromatic nitrogens is 3. The fourth-order valence-electron chi connectivity index (χ4n) is 2.26. The molecule has 0 N–H and O–H groups in total. The molecule has 2 heterocycles. The molecule has 0 spiro atoms. The highest BCUT2D eigenvalue weighted by Crippen LogP contribution is 2.38. The molecule has 3 rings (SSSR count). The molecule has 0 bridgehead atoms. The van der Waals surface area contributed by atoms with Crippen LogP contribution in [-0.2, 0) is 4.74 Å². The largest absolute Gasteiger partial charge is 0.460 e. The maximum atomic E-state index is 11.8. The average Bonchev–Trinajstić information content (AvgIpc) is 3.02. The Bertz CT molecular complexity index is 977. The van der Waals surface area contributed by atoms with Crippen LogP contribution in [0.3, 0.4) is 0 Å². The summed E-state index contributed by atoms with van der Waals surface area (Å²) in [5, 5.41) is 13.8. The number of nitrogens with zero attached hydrogens (tertiary/aromatic N) is 4. The highest BCUT2D eigenvalue weighted by molar-refractivity contribution is 6.40. The lowest BCUT2D eigenvalue weighted by molar-refractivity contribution is 0.0512. The van der Waals surface area contributed by atoms with Crippen molar-refractivity contribution in [3.8, 4) is 17.2 Å². The van der Waals surface area contributed by atoms with Gasteiger partial charge in [0.25, 0.3) is 5.82 Å². The first kappa shape index (κ1) is 16.2. The fourth-order valence-corrected chi connectivity index (χ4v) is 2.96. The number of hydrogen-bond acceptors (Lipinski definition) is 5. The van der Waals surface area contributed by atoms with Gasteiger partial charge >= 0.3 is 5.97 Å². The Morgan fingerprint density at radius 2 is 2.04 bits per heavy atom. The number of hydrogen-bond donors (Lipinski definition) is 0. The third-order valence-corrected chi connectivity index (χ3v) is 4.02. The summed E-state index contributed by atoms with van der Waals surface area (Å²) in [4.78, 5) is 15.9. The number of fused-ring (bicyclic) bond motifs is 1. The van der Waals surface area contributed by atoms with Crippen LogP contribution < -0.4 is 0 Å². The van der Waals surface area contributed by atoms with Crippen molar-refractivity contribution in [2.75, 3.05) is 6.61 Å². The van der Waals surface area contributed by atoms with E-state index in [0.717, 1.165) is 5.56 Å². The van der Waals surface area contributed by atoms with Gasteiger partial charge in [-0.1, -0.05) is 53.5 Å². The summed E-state index contributed by atoms with van der Waals surface area (Å²) >= 11 is 12.8. The summed E-state index contributed by atoms with van der Waals surface area (Å²) in [6.45, 7) is 1.86. The quantitative estimate of drug-likeness (QED) is 0.524. The van der Waals surface area contributed by atoms with Gasteiger partial charge in [0.2, 0.25) is 0 Å². The van der Waals surface area contributed by atoms with Gasteiger partial charge in [-0.3, -0.25) is 0 Å². The number of esters is 1. The summed E-state index contributed by atoms with van der Waals surface area (Å²) in [5.74, 6) is -0.880. The summed E-state index contributed by atoms with van der Waals surface area (Å²) < 4.78 is 6.10. The number of carbonyl (C=O) groups is 1. The average molecular weight is 361 g/mol. The van der Waals surface area contributed by atoms with E-state index in [2.05, 4.69) is 10.1 Å². The van der Waals surface area contributed by atoms with Crippen molar-refractivity contribution in [3.05, 3.63) is 51.9 Å². The predicted octanol–water partition coefficient (Wildman–Crippen LogP) is 3.75. The van der Waals surface area contributed by atoms with Crippen LogP contribution in [0, 0.1) is 11.3 Å². The van der Waals surface area contributed by atoms with Crippen molar-refractivity contribution in [3.63, 3.8) is 0 Å². The Morgan fingerprint density at radius 1 is 1.33 bits per heavy atom. The minimum absolute atomic E-state index is 0.0861. The Hall–Kier alpha value is -2.62. The zero-order chi connectivity index (χ0) is 17.3. The molecule has 0 unspecified atom stereocenters. The molecule has 0 atom stereocenters. The van der Waals surface area contributed by atoms with Gasteiger partial charge in [0.15, 0.2) is 5.65 Å². The number of benzene rings is 1. The second-order valence-electron chi connectivity index (χ2n) is 4.72. The van der Waals surface area contributed by atoms with E-state index in [1.54, 1.807) is 6.92 Å². The molecule has 0 aliphatic heterocycles. The fraction of sp³-hybridized carbons (Fsp3) is 0.125. The van der Waals surface area contributed by atoms with Crippen LogP contribution in [0.15, 0.2) is 30.3 Å².